The zero-order valence-electron chi connectivity index (χ0n) is 8.34. The molecule has 0 aliphatic carbocycles. The average molecular weight is 219 g/mol. The molecule has 0 fully saturated rings. The van der Waals surface area contributed by atoms with E-state index < -0.39 is 11.5 Å². The second-order valence-corrected chi connectivity index (χ2v) is 2.93. The van der Waals surface area contributed by atoms with Crippen molar-refractivity contribution in [1.29, 1.82) is 0 Å². The molecule has 1 aromatic rings. The van der Waals surface area contributed by atoms with Gasteiger partial charge in [0.15, 0.2) is 0 Å². The quantitative estimate of drug-likeness (QED) is 0.356. The molecule has 1 aromatic carbocycles. The van der Waals surface area contributed by atoms with Gasteiger partial charge in [0.05, 0.1) is 23.5 Å². The van der Waals surface area contributed by atoms with Crippen molar-refractivity contribution >= 4 is 12.0 Å². The maximum atomic E-state index is 10.6. The highest BCUT2D eigenvalue weighted by Crippen LogP contribution is 2.19. The molecule has 1 rings (SSSR count). The van der Waals surface area contributed by atoms with Crippen LogP contribution >= 0.6 is 0 Å². The van der Waals surface area contributed by atoms with Crippen LogP contribution in [0.1, 0.15) is 17.5 Å². The van der Waals surface area contributed by atoms with Crippen LogP contribution in [0.25, 0.3) is 0 Å². The standard InChI is InChI=1S/C11H9NO4/c13-6-2-1-3-9-4-5-11(12(15)16)10(7-9)8-14/h4-7,14H,2,8H2. The lowest BCUT2D eigenvalue weighted by Gasteiger charge is -1.99. The van der Waals surface area contributed by atoms with E-state index >= 15 is 0 Å². The third-order valence-electron chi connectivity index (χ3n) is 1.86. The number of hydrogen-bond donors (Lipinski definition) is 1. The first-order valence-corrected chi connectivity index (χ1v) is 4.49. The van der Waals surface area contributed by atoms with E-state index in [2.05, 4.69) is 11.8 Å². The lowest BCUT2D eigenvalue weighted by atomic mass is 10.1. The van der Waals surface area contributed by atoms with Crippen molar-refractivity contribution < 1.29 is 14.8 Å². The van der Waals surface area contributed by atoms with Crippen LogP contribution in [0.3, 0.4) is 0 Å². The molecule has 0 aromatic heterocycles. The normalized spacial score (nSPS) is 9.06. The Morgan fingerprint density at radius 2 is 2.25 bits per heavy atom. The van der Waals surface area contributed by atoms with Gasteiger partial charge in [-0.15, -0.1) is 0 Å². The summed E-state index contributed by atoms with van der Waals surface area (Å²) in [4.78, 5) is 20.0. The van der Waals surface area contributed by atoms with Crippen molar-refractivity contribution in [3.63, 3.8) is 0 Å². The van der Waals surface area contributed by atoms with Crippen LogP contribution in [0.4, 0.5) is 5.69 Å². The number of aliphatic hydroxyl groups excluding tert-OH is 1. The number of nitrogens with zero attached hydrogens (tertiary/aromatic N) is 1. The summed E-state index contributed by atoms with van der Waals surface area (Å²) < 4.78 is 0. The molecule has 82 valence electrons. The Kier molecular flexibility index (Phi) is 4.18. The van der Waals surface area contributed by atoms with Crippen molar-refractivity contribution in [1.82, 2.24) is 0 Å². The summed E-state index contributed by atoms with van der Waals surface area (Å²) in [5, 5.41) is 19.5. The number of carbonyl (C=O) groups excluding carboxylic acids is 1. The highest BCUT2D eigenvalue weighted by atomic mass is 16.6. The number of aliphatic hydroxyl groups is 1. The highest BCUT2D eigenvalue weighted by molar-refractivity contribution is 5.55. The second-order valence-electron chi connectivity index (χ2n) is 2.93. The van der Waals surface area contributed by atoms with Gasteiger partial charge in [0.1, 0.15) is 6.29 Å². The number of aldehydes is 1. The number of hydrogen-bond acceptors (Lipinski definition) is 4. The Morgan fingerprint density at radius 1 is 1.50 bits per heavy atom. The van der Waals surface area contributed by atoms with Crippen LogP contribution in [-0.2, 0) is 11.4 Å². The summed E-state index contributed by atoms with van der Waals surface area (Å²) in [6.07, 6.45) is 0.788. The van der Waals surface area contributed by atoms with Gasteiger partial charge >= 0.3 is 0 Å². The number of rotatable bonds is 3. The fraction of sp³-hybridized carbons (Fsp3) is 0.182. The molecule has 0 aliphatic rings. The van der Waals surface area contributed by atoms with E-state index in [0.29, 0.717) is 11.8 Å². The predicted molar refractivity (Wildman–Crippen MR) is 56.6 cm³/mol. The summed E-state index contributed by atoms with van der Waals surface area (Å²) in [6.45, 7) is -0.417. The van der Waals surface area contributed by atoms with Crippen molar-refractivity contribution in [3.05, 3.63) is 39.4 Å². The Morgan fingerprint density at radius 3 is 2.81 bits per heavy atom. The zero-order chi connectivity index (χ0) is 12.0. The number of benzene rings is 1. The molecule has 0 radical (unpaired) electrons. The summed E-state index contributed by atoms with van der Waals surface area (Å²) >= 11 is 0. The van der Waals surface area contributed by atoms with Gasteiger partial charge < -0.3 is 9.90 Å². The SMILES string of the molecule is O=CCC#Cc1ccc([N+](=O)[O-])c(CO)c1. The molecular formula is C11H9NO4. The van der Waals surface area contributed by atoms with Crippen LogP contribution < -0.4 is 0 Å². The van der Waals surface area contributed by atoms with Gasteiger partial charge in [0, 0.05) is 11.6 Å². The molecule has 5 nitrogen and oxygen atoms in total. The molecular weight excluding hydrogens is 210 g/mol. The monoisotopic (exact) mass is 219 g/mol. The fourth-order valence-electron chi connectivity index (χ4n) is 1.16. The maximum absolute atomic E-state index is 10.6. The highest BCUT2D eigenvalue weighted by Gasteiger charge is 2.12. The first kappa shape index (κ1) is 11.9. The maximum Gasteiger partial charge on any atom is 0.274 e. The average Bonchev–Trinajstić information content (AvgIpc) is 2.29. The molecule has 1 N–H and O–H groups in total. The van der Waals surface area contributed by atoms with Crippen LogP contribution in [-0.4, -0.2) is 16.3 Å². The van der Waals surface area contributed by atoms with Crippen molar-refractivity contribution in [3.8, 4) is 11.8 Å². The van der Waals surface area contributed by atoms with Crippen LogP contribution in [0.2, 0.25) is 0 Å². The summed E-state index contributed by atoms with van der Waals surface area (Å²) in [6, 6.07) is 4.21. The van der Waals surface area contributed by atoms with Crippen LogP contribution in [0, 0.1) is 22.0 Å². The Balaban J connectivity index is 3.05. The van der Waals surface area contributed by atoms with Crippen LogP contribution in [0.5, 0.6) is 0 Å². The molecule has 5 heteroatoms. The minimum absolute atomic E-state index is 0.117. The Hall–Kier alpha value is -2.19. The second kappa shape index (κ2) is 5.63. The topological polar surface area (TPSA) is 80.4 Å². The summed E-state index contributed by atoms with van der Waals surface area (Å²) in [5.41, 5.74) is 0.614. The van der Waals surface area contributed by atoms with E-state index in [1.807, 2.05) is 0 Å². The molecule has 0 bridgehead atoms. The van der Waals surface area contributed by atoms with E-state index in [-0.39, 0.29) is 17.7 Å². The van der Waals surface area contributed by atoms with Gasteiger partial charge in [-0.2, -0.15) is 0 Å². The predicted octanol–water partition coefficient (Wildman–Crippen LogP) is 1.03. The zero-order valence-corrected chi connectivity index (χ0v) is 8.34. The first-order chi connectivity index (χ1) is 7.69. The van der Waals surface area contributed by atoms with Gasteiger partial charge in [-0.3, -0.25) is 10.1 Å². The van der Waals surface area contributed by atoms with E-state index in [9.17, 15) is 14.9 Å². The molecule has 0 amide bonds. The van der Waals surface area contributed by atoms with Crippen molar-refractivity contribution in [2.45, 2.75) is 13.0 Å². The Bertz CT molecular complexity index is 471. The molecule has 0 saturated heterocycles. The van der Waals surface area contributed by atoms with Crippen molar-refractivity contribution in [2.24, 2.45) is 0 Å². The third-order valence-corrected chi connectivity index (χ3v) is 1.86. The minimum atomic E-state index is -0.561. The molecule has 0 spiro atoms. The lowest BCUT2D eigenvalue weighted by Crippen LogP contribution is -1.95. The number of nitro groups is 1. The first-order valence-electron chi connectivity index (χ1n) is 4.49. The molecule has 0 atom stereocenters. The fourth-order valence-corrected chi connectivity index (χ4v) is 1.16. The van der Waals surface area contributed by atoms with E-state index in [1.54, 1.807) is 0 Å². The summed E-state index contributed by atoms with van der Waals surface area (Å²) in [7, 11) is 0. The molecule has 0 heterocycles. The number of nitro benzene ring substituents is 1. The third kappa shape index (κ3) is 2.90. The van der Waals surface area contributed by atoms with Gasteiger partial charge in [0.2, 0.25) is 0 Å². The van der Waals surface area contributed by atoms with Gasteiger partial charge in [-0.05, 0) is 12.1 Å². The molecule has 0 unspecified atom stereocenters. The van der Waals surface area contributed by atoms with Gasteiger partial charge in [0.25, 0.3) is 5.69 Å². The van der Waals surface area contributed by atoms with Crippen LogP contribution in [0.15, 0.2) is 18.2 Å². The van der Waals surface area contributed by atoms with Gasteiger partial charge in [-0.25, -0.2) is 0 Å². The molecule has 0 saturated carbocycles. The minimum Gasteiger partial charge on any atom is -0.391 e. The lowest BCUT2D eigenvalue weighted by molar-refractivity contribution is -0.385. The van der Waals surface area contributed by atoms with Gasteiger partial charge in [-0.1, -0.05) is 11.8 Å². The molecule has 16 heavy (non-hydrogen) atoms. The Labute approximate surface area is 91.9 Å². The van der Waals surface area contributed by atoms with Crippen molar-refractivity contribution in [2.75, 3.05) is 0 Å². The summed E-state index contributed by atoms with van der Waals surface area (Å²) in [5.74, 6) is 5.25. The van der Waals surface area contributed by atoms with E-state index in [4.69, 9.17) is 5.11 Å². The van der Waals surface area contributed by atoms with E-state index in [0.717, 1.165) is 0 Å². The molecule has 0 aliphatic heterocycles. The largest absolute Gasteiger partial charge is 0.391 e. The number of carbonyl (C=O) groups is 1. The van der Waals surface area contributed by atoms with E-state index in [1.165, 1.54) is 18.2 Å². The smallest absolute Gasteiger partial charge is 0.274 e.